The predicted molar refractivity (Wildman–Crippen MR) is 64.2 cm³/mol. The minimum atomic E-state index is -0.314. The Balaban J connectivity index is 2.38. The van der Waals surface area contributed by atoms with Crippen molar-refractivity contribution in [2.24, 2.45) is 0 Å². The van der Waals surface area contributed by atoms with Crippen LogP contribution >= 0.6 is 0 Å². The summed E-state index contributed by atoms with van der Waals surface area (Å²) in [5, 5.41) is 12.7. The van der Waals surface area contributed by atoms with Crippen LogP contribution in [0.5, 0.6) is 0 Å². The molecule has 0 aliphatic heterocycles. The zero-order valence-corrected chi connectivity index (χ0v) is 10.6. The van der Waals surface area contributed by atoms with Crippen LogP contribution in [-0.2, 0) is 4.74 Å². The first-order chi connectivity index (χ1) is 7.62. The van der Waals surface area contributed by atoms with Crippen LogP contribution < -0.4 is 5.32 Å². The van der Waals surface area contributed by atoms with Gasteiger partial charge in [-0.1, -0.05) is 0 Å². The van der Waals surface area contributed by atoms with Crippen LogP contribution in [-0.4, -0.2) is 50.8 Å². The Kier molecular flexibility index (Phi) is 5.20. The summed E-state index contributed by atoms with van der Waals surface area (Å²) in [6.45, 7) is 1.84. The van der Waals surface area contributed by atoms with Crippen LogP contribution in [0.4, 0.5) is 0 Å². The summed E-state index contributed by atoms with van der Waals surface area (Å²) >= 11 is 0. The van der Waals surface area contributed by atoms with Gasteiger partial charge in [0.15, 0.2) is 0 Å². The van der Waals surface area contributed by atoms with Gasteiger partial charge in [0.25, 0.3) is 0 Å². The highest BCUT2D eigenvalue weighted by Crippen LogP contribution is 2.29. The van der Waals surface area contributed by atoms with Crippen LogP contribution in [0.15, 0.2) is 0 Å². The van der Waals surface area contributed by atoms with E-state index in [1.165, 1.54) is 0 Å². The summed E-state index contributed by atoms with van der Waals surface area (Å²) < 4.78 is 5.33. The Hall–Kier alpha value is -0.630. The van der Waals surface area contributed by atoms with Crippen molar-refractivity contribution in [3.63, 3.8) is 0 Å². The zero-order chi connectivity index (χ0) is 12.0. The van der Waals surface area contributed by atoms with Crippen molar-refractivity contribution in [2.75, 3.05) is 34.3 Å². The van der Waals surface area contributed by atoms with Crippen molar-refractivity contribution in [3.05, 3.63) is 0 Å². The van der Waals surface area contributed by atoms with Gasteiger partial charge in [0.05, 0.1) is 12.2 Å². The fourth-order valence-electron chi connectivity index (χ4n) is 2.17. The smallest absolute Gasteiger partial charge is 0.107 e. The van der Waals surface area contributed by atoms with Crippen molar-refractivity contribution in [1.29, 1.82) is 5.26 Å². The largest absolute Gasteiger partial charge is 0.381 e. The van der Waals surface area contributed by atoms with Gasteiger partial charge < -0.3 is 9.64 Å². The molecule has 0 aromatic carbocycles. The molecule has 0 spiro atoms. The number of methoxy groups -OCH3 is 1. The van der Waals surface area contributed by atoms with E-state index in [1.54, 1.807) is 7.11 Å². The van der Waals surface area contributed by atoms with Gasteiger partial charge in [-0.05, 0) is 39.8 Å². The fraction of sp³-hybridized carbons (Fsp3) is 0.917. The molecular weight excluding hydrogens is 202 g/mol. The molecule has 1 saturated carbocycles. The van der Waals surface area contributed by atoms with E-state index < -0.39 is 0 Å². The standard InChI is InChI=1S/C12H23N3O/c1-15(2)9-8-14-12(10-13)6-4-11(16-3)5-7-12/h11,14H,4-9H2,1-3H3. The molecule has 1 rings (SSSR count). The molecule has 0 atom stereocenters. The van der Waals surface area contributed by atoms with Crippen LogP contribution in [0.2, 0.25) is 0 Å². The molecule has 0 unspecified atom stereocenters. The van der Waals surface area contributed by atoms with Gasteiger partial charge in [-0.2, -0.15) is 5.26 Å². The molecule has 0 bridgehead atoms. The summed E-state index contributed by atoms with van der Waals surface area (Å²) in [5.74, 6) is 0. The number of rotatable bonds is 5. The molecule has 1 aliphatic carbocycles. The highest BCUT2D eigenvalue weighted by atomic mass is 16.5. The van der Waals surface area contributed by atoms with Crippen molar-refractivity contribution in [2.45, 2.75) is 37.3 Å². The van der Waals surface area contributed by atoms with E-state index in [2.05, 4.69) is 16.3 Å². The molecule has 16 heavy (non-hydrogen) atoms. The van der Waals surface area contributed by atoms with Crippen molar-refractivity contribution in [1.82, 2.24) is 10.2 Å². The molecule has 0 heterocycles. The minimum Gasteiger partial charge on any atom is -0.381 e. The van der Waals surface area contributed by atoms with Gasteiger partial charge in [-0.3, -0.25) is 5.32 Å². The Labute approximate surface area is 98.6 Å². The van der Waals surface area contributed by atoms with Crippen LogP contribution in [0, 0.1) is 11.3 Å². The third kappa shape index (κ3) is 3.75. The quantitative estimate of drug-likeness (QED) is 0.758. The second kappa shape index (κ2) is 6.19. The first kappa shape index (κ1) is 13.4. The number of nitrogens with zero attached hydrogens (tertiary/aromatic N) is 2. The number of nitriles is 1. The normalized spacial score (nSPS) is 30.3. The summed E-state index contributed by atoms with van der Waals surface area (Å²) in [6.07, 6.45) is 4.11. The van der Waals surface area contributed by atoms with E-state index in [1.807, 2.05) is 14.1 Å². The van der Waals surface area contributed by atoms with E-state index in [0.717, 1.165) is 38.8 Å². The van der Waals surface area contributed by atoms with Gasteiger partial charge in [-0.25, -0.2) is 0 Å². The van der Waals surface area contributed by atoms with E-state index in [0.29, 0.717) is 6.10 Å². The van der Waals surface area contributed by atoms with Gasteiger partial charge in [0.2, 0.25) is 0 Å². The van der Waals surface area contributed by atoms with Crippen molar-refractivity contribution < 1.29 is 4.74 Å². The van der Waals surface area contributed by atoms with E-state index in [-0.39, 0.29) is 5.54 Å². The van der Waals surface area contributed by atoms with Crippen LogP contribution in [0.25, 0.3) is 0 Å². The molecular formula is C12H23N3O. The van der Waals surface area contributed by atoms with E-state index >= 15 is 0 Å². The van der Waals surface area contributed by atoms with Gasteiger partial charge in [0, 0.05) is 20.2 Å². The lowest BCUT2D eigenvalue weighted by Crippen LogP contribution is -2.49. The van der Waals surface area contributed by atoms with Crippen molar-refractivity contribution in [3.8, 4) is 6.07 Å². The van der Waals surface area contributed by atoms with Gasteiger partial charge in [-0.15, -0.1) is 0 Å². The first-order valence-corrected chi connectivity index (χ1v) is 5.96. The number of nitrogens with one attached hydrogen (secondary N) is 1. The molecule has 0 aromatic rings. The average Bonchev–Trinajstić information content (AvgIpc) is 2.29. The molecule has 4 heteroatoms. The Morgan fingerprint density at radius 2 is 2.06 bits per heavy atom. The summed E-state index contributed by atoms with van der Waals surface area (Å²) in [5.41, 5.74) is -0.314. The molecule has 0 radical (unpaired) electrons. The molecule has 0 aromatic heterocycles. The summed E-state index contributed by atoms with van der Waals surface area (Å²) in [7, 11) is 5.84. The molecule has 1 fully saturated rings. The lowest BCUT2D eigenvalue weighted by molar-refractivity contribution is 0.0522. The van der Waals surface area contributed by atoms with E-state index in [9.17, 15) is 5.26 Å². The highest BCUT2D eigenvalue weighted by molar-refractivity contribution is 5.09. The fourth-order valence-corrected chi connectivity index (χ4v) is 2.17. The summed E-state index contributed by atoms with van der Waals surface area (Å²) in [4.78, 5) is 2.12. The van der Waals surface area contributed by atoms with Crippen molar-refractivity contribution >= 4 is 0 Å². The highest BCUT2D eigenvalue weighted by Gasteiger charge is 2.34. The maximum atomic E-state index is 9.30. The first-order valence-electron chi connectivity index (χ1n) is 5.96. The lowest BCUT2D eigenvalue weighted by atomic mass is 9.81. The third-order valence-corrected chi connectivity index (χ3v) is 3.36. The topological polar surface area (TPSA) is 48.3 Å². The molecule has 0 amide bonds. The minimum absolute atomic E-state index is 0.314. The molecule has 1 N–H and O–H groups in total. The number of hydrogen-bond donors (Lipinski definition) is 1. The SMILES string of the molecule is COC1CCC(C#N)(NCCN(C)C)CC1. The number of hydrogen-bond acceptors (Lipinski definition) is 4. The Bertz CT molecular complexity index is 239. The molecule has 92 valence electrons. The monoisotopic (exact) mass is 225 g/mol. The predicted octanol–water partition coefficient (Wildman–Crippen LogP) is 0.989. The second-order valence-corrected chi connectivity index (χ2v) is 4.86. The van der Waals surface area contributed by atoms with Gasteiger partial charge in [0.1, 0.15) is 5.54 Å². The Morgan fingerprint density at radius 3 is 2.50 bits per heavy atom. The number of likely N-dealkylation sites (N-methyl/N-ethyl adjacent to an activating group) is 1. The average molecular weight is 225 g/mol. The van der Waals surface area contributed by atoms with Crippen LogP contribution in [0.1, 0.15) is 25.7 Å². The second-order valence-electron chi connectivity index (χ2n) is 4.86. The third-order valence-electron chi connectivity index (χ3n) is 3.36. The number of ether oxygens (including phenoxy) is 1. The van der Waals surface area contributed by atoms with Crippen LogP contribution in [0.3, 0.4) is 0 Å². The lowest BCUT2D eigenvalue weighted by Gasteiger charge is -2.35. The molecule has 0 saturated heterocycles. The maximum absolute atomic E-state index is 9.30. The summed E-state index contributed by atoms with van der Waals surface area (Å²) in [6, 6.07) is 2.45. The van der Waals surface area contributed by atoms with Gasteiger partial charge >= 0.3 is 0 Å². The molecule has 1 aliphatic rings. The Morgan fingerprint density at radius 1 is 1.44 bits per heavy atom. The van der Waals surface area contributed by atoms with E-state index in [4.69, 9.17) is 4.74 Å². The maximum Gasteiger partial charge on any atom is 0.107 e. The zero-order valence-electron chi connectivity index (χ0n) is 10.6. The molecule has 4 nitrogen and oxygen atoms in total.